The Morgan fingerprint density at radius 1 is 0.688 bits per heavy atom. The van der Waals surface area contributed by atoms with Crippen molar-refractivity contribution in [1.82, 2.24) is 0 Å². The van der Waals surface area contributed by atoms with Gasteiger partial charge in [0.15, 0.2) is 0 Å². The molecule has 2 atom stereocenters. The van der Waals surface area contributed by atoms with Crippen LogP contribution in [0.1, 0.15) is 29.3 Å². The summed E-state index contributed by atoms with van der Waals surface area (Å²) in [5.41, 5.74) is 4.14. The number of quaternary nitrogens is 2. The van der Waals surface area contributed by atoms with E-state index in [0.717, 1.165) is 18.8 Å². The molecular weight excluding hydrogens is 392 g/mol. The Morgan fingerprint density at radius 2 is 1.25 bits per heavy atom. The van der Waals surface area contributed by atoms with Gasteiger partial charge in [0.2, 0.25) is 6.17 Å². The summed E-state index contributed by atoms with van der Waals surface area (Å²) < 4.78 is 5.98. The van der Waals surface area contributed by atoms with E-state index in [0.29, 0.717) is 6.17 Å². The van der Waals surface area contributed by atoms with Crippen LogP contribution >= 0.6 is 0 Å². The van der Waals surface area contributed by atoms with Gasteiger partial charge in [-0.2, -0.15) is 0 Å². The zero-order chi connectivity index (χ0) is 21.8. The molecule has 0 aliphatic carbocycles. The van der Waals surface area contributed by atoms with Gasteiger partial charge in [0, 0.05) is 22.9 Å². The highest BCUT2D eigenvalue weighted by molar-refractivity contribution is 5.88. The molecule has 0 aromatic heterocycles. The van der Waals surface area contributed by atoms with E-state index < -0.39 is 0 Å². The van der Waals surface area contributed by atoms with Crippen LogP contribution in [0.15, 0.2) is 97.1 Å². The van der Waals surface area contributed by atoms with Gasteiger partial charge < -0.3 is 4.74 Å². The average Bonchev–Trinajstić information content (AvgIpc) is 2.85. The van der Waals surface area contributed by atoms with Crippen LogP contribution in [0.3, 0.4) is 0 Å². The molecule has 2 unspecified atom stereocenters. The molecule has 5 rings (SSSR count). The van der Waals surface area contributed by atoms with Crippen molar-refractivity contribution in [2.24, 2.45) is 0 Å². The van der Waals surface area contributed by atoms with Crippen molar-refractivity contribution in [2.75, 3.05) is 20.2 Å². The van der Waals surface area contributed by atoms with Gasteiger partial charge in [-0.25, -0.2) is 0 Å². The number of nitrogens with one attached hydrogen (secondary N) is 2. The van der Waals surface area contributed by atoms with E-state index in [-0.39, 0.29) is 0 Å². The van der Waals surface area contributed by atoms with Gasteiger partial charge in [-0.15, -0.1) is 0 Å². The summed E-state index contributed by atoms with van der Waals surface area (Å²) in [5, 5.41) is 2.60. The minimum Gasteiger partial charge on any atom is -0.496 e. The molecule has 1 heterocycles. The number of hydrogen-bond donors (Lipinski definition) is 2. The molecule has 0 radical (unpaired) electrons. The largest absolute Gasteiger partial charge is 0.496 e. The van der Waals surface area contributed by atoms with Crippen molar-refractivity contribution in [3.05, 3.63) is 114 Å². The number of rotatable bonds is 6. The highest BCUT2D eigenvalue weighted by Gasteiger charge is 2.40. The minimum atomic E-state index is 0.310. The number of methoxy groups -OCH3 is 1. The van der Waals surface area contributed by atoms with Gasteiger partial charge >= 0.3 is 0 Å². The zero-order valence-corrected chi connectivity index (χ0v) is 18.8. The highest BCUT2D eigenvalue weighted by atomic mass is 16.5. The summed E-state index contributed by atoms with van der Waals surface area (Å²) in [6.07, 6.45) is 1.54. The molecule has 4 aromatic carbocycles. The van der Waals surface area contributed by atoms with Gasteiger partial charge in [0.1, 0.15) is 24.4 Å². The van der Waals surface area contributed by atoms with Gasteiger partial charge in [-0.05, 0) is 11.5 Å². The van der Waals surface area contributed by atoms with Crippen molar-refractivity contribution in [2.45, 2.75) is 25.7 Å². The molecule has 3 nitrogen and oxygen atoms in total. The van der Waals surface area contributed by atoms with E-state index in [1.54, 1.807) is 9.80 Å². The number of benzene rings is 4. The molecule has 32 heavy (non-hydrogen) atoms. The molecule has 1 fully saturated rings. The quantitative estimate of drug-likeness (QED) is 0.485. The van der Waals surface area contributed by atoms with Crippen LogP contribution in [0.5, 0.6) is 5.75 Å². The van der Waals surface area contributed by atoms with Crippen molar-refractivity contribution in [3.8, 4) is 5.75 Å². The molecule has 0 bridgehead atoms. The maximum Gasteiger partial charge on any atom is 0.245 e. The third-order valence-corrected chi connectivity index (χ3v) is 6.80. The summed E-state index contributed by atoms with van der Waals surface area (Å²) >= 11 is 0. The SMILES string of the molecule is COc1ccc2ccccc2c1C1[NH+](Cc2ccccc2)CCC[NH+]1Cc1ccccc1. The lowest BCUT2D eigenvalue weighted by molar-refractivity contribution is -1.16. The fourth-order valence-corrected chi connectivity index (χ4v) is 5.38. The van der Waals surface area contributed by atoms with Crippen molar-refractivity contribution < 1.29 is 14.5 Å². The lowest BCUT2D eigenvalue weighted by Crippen LogP contribution is -3.32. The summed E-state index contributed by atoms with van der Waals surface area (Å²) in [4.78, 5) is 3.23. The van der Waals surface area contributed by atoms with E-state index in [1.165, 1.54) is 47.0 Å². The fraction of sp³-hybridized carbons (Fsp3) is 0.241. The van der Waals surface area contributed by atoms with Crippen LogP contribution in [0.4, 0.5) is 0 Å². The predicted octanol–water partition coefficient (Wildman–Crippen LogP) is 3.42. The first-order chi connectivity index (χ1) is 15.8. The highest BCUT2D eigenvalue weighted by Crippen LogP contribution is 2.31. The summed E-state index contributed by atoms with van der Waals surface area (Å²) in [6, 6.07) is 35.0. The molecule has 0 amide bonds. The first kappa shape index (κ1) is 20.7. The third-order valence-electron chi connectivity index (χ3n) is 6.80. The maximum absolute atomic E-state index is 5.98. The number of fused-ring (bicyclic) bond motifs is 1. The third kappa shape index (κ3) is 4.27. The molecule has 0 saturated carbocycles. The van der Waals surface area contributed by atoms with Crippen molar-refractivity contribution >= 4 is 10.8 Å². The minimum absolute atomic E-state index is 0.310. The van der Waals surface area contributed by atoms with Gasteiger partial charge in [-0.3, -0.25) is 9.80 Å². The fourth-order valence-electron chi connectivity index (χ4n) is 5.38. The van der Waals surface area contributed by atoms with Crippen LogP contribution in [0, 0.1) is 0 Å². The Kier molecular flexibility index (Phi) is 6.20. The summed E-state index contributed by atoms with van der Waals surface area (Å²) in [6.45, 7) is 4.39. The monoisotopic (exact) mass is 424 g/mol. The second kappa shape index (κ2) is 9.56. The topological polar surface area (TPSA) is 18.1 Å². The molecule has 1 aliphatic heterocycles. The Morgan fingerprint density at radius 3 is 1.84 bits per heavy atom. The van der Waals surface area contributed by atoms with Crippen LogP contribution in [0.25, 0.3) is 10.8 Å². The predicted molar refractivity (Wildman–Crippen MR) is 130 cm³/mol. The molecule has 2 N–H and O–H groups in total. The second-order valence-corrected chi connectivity index (χ2v) is 8.83. The molecule has 162 valence electrons. The molecule has 1 saturated heterocycles. The lowest BCUT2D eigenvalue weighted by atomic mass is 9.97. The standard InChI is InChI=1S/C29H30N2O/c1-32-27-18-17-25-15-8-9-16-26(25)28(27)29-30(21-23-11-4-2-5-12-23)19-10-20-31(29)22-24-13-6-3-7-14-24/h2-9,11-18,29H,10,19-22H2,1H3/p+2. The van der Waals surface area contributed by atoms with Crippen LogP contribution in [-0.2, 0) is 13.1 Å². The Balaban J connectivity index is 1.62. The smallest absolute Gasteiger partial charge is 0.245 e. The van der Waals surface area contributed by atoms with Gasteiger partial charge in [-0.1, -0.05) is 91.0 Å². The van der Waals surface area contributed by atoms with E-state index in [9.17, 15) is 0 Å². The lowest BCUT2D eigenvalue weighted by Gasteiger charge is -2.39. The number of hydrogen-bond acceptors (Lipinski definition) is 1. The van der Waals surface area contributed by atoms with Crippen molar-refractivity contribution in [1.29, 1.82) is 0 Å². The molecule has 3 heteroatoms. The summed E-state index contributed by atoms with van der Waals surface area (Å²) in [7, 11) is 1.81. The first-order valence-electron chi connectivity index (χ1n) is 11.7. The van der Waals surface area contributed by atoms with Crippen molar-refractivity contribution in [3.63, 3.8) is 0 Å². The Bertz CT molecular complexity index is 1110. The first-order valence-corrected chi connectivity index (χ1v) is 11.7. The zero-order valence-electron chi connectivity index (χ0n) is 18.8. The van der Waals surface area contributed by atoms with Crippen LogP contribution < -0.4 is 14.5 Å². The molecule has 4 aromatic rings. The van der Waals surface area contributed by atoms with Crippen LogP contribution in [0.2, 0.25) is 0 Å². The van der Waals surface area contributed by atoms with E-state index in [2.05, 4.69) is 97.1 Å². The van der Waals surface area contributed by atoms with Gasteiger partial charge in [0.05, 0.1) is 20.2 Å². The summed E-state index contributed by atoms with van der Waals surface area (Å²) in [5.74, 6) is 1.01. The van der Waals surface area contributed by atoms with Crippen LogP contribution in [-0.4, -0.2) is 20.2 Å². The molecule has 0 spiro atoms. The Hall–Kier alpha value is -3.14. The average molecular weight is 425 g/mol. The molecular formula is C29H32N2O+2. The number of ether oxygens (including phenoxy) is 1. The normalized spacial score (nSPS) is 20.8. The van der Waals surface area contributed by atoms with E-state index in [1.807, 2.05) is 7.11 Å². The van der Waals surface area contributed by atoms with Gasteiger partial charge in [0.25, 0.3) is 0 Å². The second-order valence-electron chi connectivity index (χ2n) is 8.83. The van der Waals surface area contributed by atoms with E-state index >= 15 is 0 Å². The van der Waals surface area contributed by atoms with E-state index in [4.69, 9.17) is 4.74 Å². The maximum atomic E-state index is 5.98. The molecule has 1 aliphatic rings. The Labute approximate surface area is 190 Å².